The lowest BCUT2D eigenvalue weighted by atomic mass is 10.1. The largest absolute Gasteiger partial charge is 0.469 e. The van der Waals surface area contributed by atoms with E-state index in [2.05, 4.69) is 36.6 Å². The van der Waals surface area contributed by atoms with Crippen molar-refractivity contribution in [3.05, 3.63) is 0 Å². The molecule has 0 saturated heterocycles. The Morgan fingerprint density at radius 3 is 2.25 bits per heavy atom. The van der Waals surface area contributed by atoms with Gasteiger partial charge in [0.1, 0.15) is 0 Å². The molecule has 1 unspecified atom stereocenters. The Kier molecular flexibility index (Phi) is 12.2. The second-order valence-corrected chi connectivity index (χ2v) is 5.93. The molecule has 0 amide bonds. The van der Waals surface area contributed by atoms with Crippen LogP contribution in [-0.4, -0.2) is 23.2 Å². The van der Waals surface area contributed by atoms with E-state index in [4.69, 9.17) is 0 Å². The molecule has 0 bridgehead atoms. The maximum Gasteiger partial charge on any atom is 0.305 e. The van der Waals surface area contributed by atoms with Crippen LogP contribution in [0.2, 0.25) is 0 Å². The van der Waals surface area contributed by atoms with E-state index in [1.54, 1.807) is 0 Å². The van der Waals surface area contributed by atoms with Gasteiger partial charge in [-0.1, -0.05) is 64.0 Å². The molecule has 0 aliphatic rings. The maximum absolute atomic E-state index is 10.8. The van der Waals surface area contributed by atoms with Gasteiger partial charge >= 0.3 is 5.97 Å². The summed E-state index contributed by atoms with van der Waals surface area (Å²) < 4.78 is 4.59. The number of alkyl halides is 2. The molecule has 0 aromatic heterocycles. The van der Waals surface area contributed by atoms with Gasteiger partial charge in [-0.25, -0.2) is 0 Å². The summed E-state index contributed by atoms with van der Waals surface area (Å²) >= 11 is 7.04. The number of halogens is 2. The summed E-state index contributed by atoms with van der Waals surface area (Å²) in [4.78, 5) is 11.4. The predicted molar refractivity (Wildman–Crippen MR) is 75.5 cm³/mol. The topological polar surface area (TPSA) is 26.3 Å². The van der Waals surface area contributed by atoms with Crippen LogP contribution in [0.5, 0.6) is 0 Å². The molecule has 16 heavy (non-hydrogen) atoms. The molecule has 0 fully saturated rings. The minimum absolute atomic E-state index is 0.0838. The van der Waals surface area contributed by atoms with Crippen molar-refractivity contribution >= 4 is 37.8 Å². The number of esters is 1. The zero-order chi connectivity index (χ0) is 12.2. The molecule has 0 heterocycles. The third-order valence-electron chi connectivity index (χ3n) is 2.54. The van der Waals surface area contributed by atoms with Crippen LogP contribution >= 0.6 is 31.9 Å². The van der Waals surface area contributed by atoms with Gasteiger partial charge < -0.3 is 4.74 Å². The lowest BCUT2D eigenvalue weighted by Gasteiger charge is -2.05. The Balaban J connectivity index is 3.07. The normalized spacial score (nSPS) is 12.4. The van der Waals surface area contributed by atoms with E-state index in [1.165, 1.54) is 39.2 Å². The molecule has 0 aliphatic heterocycles. The van der Waals surface area contributed by atoms with E-state index in [0.717, 1.165) is 18.2 Å². The van der Waals surface area contributed by atoms with Gasteiger partial charge in [0.25, 0.3) is 0 Å². The predicted octanol–water partition coefficient (Wildman–Crippen LogP) is 4.44. The quantitative estimate of drug-likeness (QED) is 0.328. The second-order valence-electron chi connectivity index (χ2n) is 3.99. The first-order valence-corrected chi connectivity index (χ1v) is 8.01. The monoisotopic (exact) mass is 356 g/mol. The molecule has 0 aromatic carbocycles. The maximum atomic E-state index is 10.8. The first-order chi connectivity index (χ1) is 7.70. The molecule has 0 aliphatic carbocycles. The molecule has 0 saturated carbocycles. The lowest BCUT2D eigenvalue weighted by Crippen LogP contribution is -1.99. The van der Waals surface area contributed by atoms with Crippen LogP contribution in [0.4, 0.5) is 0 Å². The molecule has 96 valence electrons. The summed E-state index contributed by atoms with van der Waals surface area (Å²) in [5.74, 6) is -0.0838. The molecule has 0 spiro atoms. The first-order valence-electron chi connectivity index (χ1n) is 5.97. The molecule has 0 N–H and O–H groups in total. The van der Waals surface area contributed by atoms with Crippen molar-refractivity contribution in [3.8, 4) is 0 Å². The molecule has 2 nitrogen and oxygen atoms in total. The number of unbranched alkanes of at least 4 members (excludes halogenated alkanes) is 5. The Labute approximate surface area is 116 Å². The number of rotatable bonds is 10. The van der Waals surface area contributed by atoms with Gasteiger partial charge in [-0.3, -0.25) is 4.79 Å². The summed E-state index contributed by atoms with van der Waals surface area (Å²) in [6.45, 7) is 0. The highest BCUT2D eigenvalue weighted by Gasteiger charge is 2.01. The molecule has 4 heteroatoms. The number of carbonyl (C=O) groups excluding carboxylic acids is 1. The van der Waals surface area contributed by atoms with E-state index in [9.17, 15) is 4.79 Å². The van der Waals surface area contributed by atoms with E-state index >= 15 is 0 Å². The van der Waals surface area contributed by atoms with E-state index in [-0.39, 0.29) is 5.97 Å². The Hall–Kier alpha value is 0.430. The van der Waals surface area contributed by atoms with Crippen molar-refractivity contribution in [2.75, 3.05) is 12.4 Å². The molecule has 0 aromatic rings. The van der Waals surface area contributed by atoms with Crippen LogP contribution < -0.4 is 0 Å². The Morgan fingerprint density at radius 2 is 1.69 bits per heavy atom. The van der Waals surface area contributed by atoms with Crippen molar-refractivity contribution in [3.63, 3.8) is 0 Å². The van der Waals surface area contributed by atoms with E-state index < -0.39 is 0 Å². The van der Waals surface area contributed by atoms with Crippen molar-refractivity contribution < 1.29 is 9.53 Å². The third kappa shape index (κ3) is 10.9. The van der Waals surface area contributed by atoms with Gasteiger partial charge in [0, 0.05) is 16.6 Å². The molecule has 0 radical (unpaired) electrons. The van der Waals surface area contributed by atoms with Crippen LogP contribution in [-0.2, 0) is 9.53 Å². The zero-order valence-corrected chi connectivity index (χ0v) is 13.2. The average Bonchev–Trinajstić information content (AvgIpc) is 2.31. The minimum atomic E-state index is -0.0838. The van der Waals surface area contributed by atoms with Gasteiger partial charge in [-0.05, 0) is 12.8 Å². The van der Waals surface area contributed by atoms with Crippen molar-refractivity contribution in [2.24, 2.45) is 0 Å². The highest BCUT2D eigenvalue weighted by molar-refractivity contribution is 9.12. The second kappa shape index (κ2) is 11.9. The fraction of sp³-hybridized carbons (Fsp3) is 0.917. The van der Waals surface area contributed by atoms with Gasteiger partial charge in [-0.2, -0.15) is 0 Å². The van der Waals surface area contributed by atoms with Crippen molar-refractivity contribution in [1.82, 2.24) is 0 Å². The number of carbonyl (C=O) groups is 1. The molecular formula is C12H22Br2O2. The van der Waals surface area contributed by atoms with Crippen LogP contribution in [0.25, 0.3) is 0 Å². The molecule has 1 atom stereocenters. The SMILES string of the molecule is COC(=O)CCCCCCCCC(Br)CBr. The van der Waals surface area contributed by atoms with Crippen LogP contribution in [0.15, 0.2) is 0 Å². The highest BCUT2D eigenvalue weighted by atomic mass is 79.9. The number of ether oxygens (including phenoxy) is 1. The van der Waals surface area contributed by atoms with Gasteiger partial charge in [0.15, 0.2) is 0 Å². The fourth-order valence-corrected chi connectivity index (χ4v) is 2.17. The van der Waals surface area contributed by atoms with E-state index in [0.29, 0.717) is 11.2 Å². The van der Waals surface area contributed by atoms with Crippen molar-refractivity contribution in [1.29, 1.82) is 0 Å². The Bertz CT molecular complexity index is 174. The number of methoxy groups -OCH3 is 1. The molecule has 0 rings (SSSR count). The van der Waals surface area contributed by atoms with Gasteiger partial charge in [0.05, 0.1) is 7.11 Å². The van der Waals surface area contributed by atoms with Crippen LogP contribution in [0.3, 0.4) is 0 Å². The minimum Gasteiger partial charge on any atom is -0.469 e. The highest BCUT2D eigenvalue weighted by Crippen LogP contribution is 2.15. The summed E-state index contributed by atoms with van der Waals surface area (Å²) in [7, 11) is 1.45. The van der Waals surface area contributed by atoms with Gasteiger partial charge in [0.2, 0.25) is 0 Å². The van der Waals surface area contributed by atoms with Gasteiger partial charge in [-0.15, -0.1) is 0 Å². The molecular weight excluding hydrogens is 336 g/mol. The first kappa shape index (κ1) is 16.4. The summed E-state index contributed by atoms with van der Waals surface area (Å²) in [5, 5.41) is 1.03. The lowest BCUT2D eigenvalue weighted by molar-refractivity contribution is -0.140. The van der Waals surface area contributed by atoms with Crippen LogP contribution in [0, 0.1) is 0 Å². The zero-order valence-electron chi connectivity index (χ0n) is 10.0. The summed E-state index contributed by atoms with van der Waals surface area (Å²) in [6.07, 6.45) is 9.03. The number of hydrogen-bond donors (Lipinski definition) is 0. The van der Waals surface area contributed by atoms with Crippen LogP contribution in [0.1, 0.15) is 51.4 Å². The Morgan fingerprint density at radius 1 is 1.12 bits per heavy atom. The van der Waals surface area contributed by atoms with Crippen molar-refractivity contribution in [2.45, 2.75) is 56.2 Å². The van der Waals surface area contributed by atoms with E-state index in [1.807, 2.05) is 0 Å². The smallest absolute Gasteiger partial charge is 0.305 e. The summed E-state index contributed by atoms with van der Waals surface area (Å²) in [6, 6.07) is 0. The third-order valence-corrected chi connectivity index (χ3v) is 4.98. The summed E-state index contributed by atoms with van der Waals surface area (Å²) in [5.41, 5.74) is 0. The number of hydrogen-bond acceptors (Lipinski definition) is 2. The average molecular weight is 358 g/mol. The fourth-order valence-electron chi connectivity index (χ4n) is 1.52. The standard InChI is InChI=1S/C12H22Br2O2/c1-16-12(15)9-7-5-3-2-4-6-8-11(14)10-13/h11H,2-10H2,1H3.